The second kappa shape index (κ2) is 10.7. The summed E-state index contributed by atoms with van der Waals surface area (Å²) in [5.74, 6) is -0.826. The predicted octanol–water partition coefficient (Wildman–Crippen LogP) is 1.38. The second-order valence-corrected chi connectivity index (χ2v) is 9.32. The molecule has 1 aliphatic rings. The minimum atomic E-state index is -3.70. The molecule has 162 valence electrons. The fourth-order valence-electron chi connectivity index (χ4n) is 2.99. The Hall–Kier alpha value is -1.97. The Morgan fingerprint density at radius 3 is 2.52 bits per heavy atom. The molecule has 0 saturated carbocycles. The largest absolute Gasteiger partial charge is 0.379 e. The van der Waals surface area contributed by atoms with Gasteiger partial charge in [0.1, 0.15) is 6.04 Å². The summed E-state index contributed by atoms with van der Waals surface area (Å²) in [5, 5.41) is 5.57. The number of carbonyl (C=O) groups excluding carboxylic acids is 2. The zero-order valence-electron chi connectivity index (χ0n) is 17.3. The average Bonchev–Trinajstić information content (AvgIpc) is 2.72. The van der Waals surface area contributed by atoms with Crippen LogP contribution in [-0.4, -0.2) is 63.4 Å². The highest BCUT2D eigenvalue weighted by Crippen LogP contribution is 2.18. The Morgan fingerprint density at radius 1 is 1.21 bits per heavy atom. The summed E-state index contributed by atoms with van der Waals surface area (Å²) in [5.41, 5.74) is 0.200. The number of hydrogen-bond donors (Lipinski definition) is 2. The molecule has 0 aromatic heterocycles. The van der Waals surface area contributed by atoms with Crippen LogP contribution >= 0.6 is 0 Å². The molecular formula is C20H31N3O5S. The Morgan fingerprint density at radius 2 is 1.90 bits per heavy atom. The average molecular weight is 426 g/mol. The number of nitrogens with zero attached hydrogens (tertiary/aromatic N) is 1. The molecule has 2 N–H and O–H groups in total. The molecule has 2 rings (SSSR count). The maximum Gasteiger partial charge on any atom is 0.251 e. The highest BCUT2D eigenvalue weighted by molar-refractivity contribution is 7.89. The maximum atomic E-state index is 12.8. The lowest BCUT2D eigenvalue weighted by molar-refractivity contribution is -0.123. The summed E-state index contributed by atoms with van der Waals surface area (Å²) in [4.78, 5) is 25.2. The minimum absolute atomic E-state index is 0.0561. The van der Waals surface area contributed by atoms with Crippen molar-refractivity contribution in [2.45, 2.75) is 44.6 Å². The lowest BCUT2D eigenvalue weighted by atomic mass is 10.0. The smallest absolute Gasteiger partial charge is 0.251 e. The van der Waals surface area contributed by atoms with Crippen LogP contribution in [0.4, 0.5) is 0 Å². The molecule has 0 bridgehead atoms. The van der Waals surface area contributed by atoms with E-state index in [1.165, 1.54) is 22.5 Å². The van der Waals surface area contributed by atoms with Gasteiger partial charge in [-0.1, -0.05) is 33.3 Å². The van der Waals surface area contributed by atoms with Crippen LogP contribution in [0.2, 0.25) is 0 Å². The van der Waals surface area contributed by atoms with E-state index < -0.39 is 22.0 Å². The lowest BCUT2D eigenvalue weighted by Gasteiger charge is -2.26. The number of nitrogens with one attached hydrogen (secondary N) is 2. The number of morpholine rings is 1. The first-order chi connectivity index (χ1) is 13.8. The van der Waals surface area contributed by atoms with Gasteiger partial charge < -0.3 is 15.4 Å². The molecule has 1 saturated heterocycles. The molecule has 8 nitrogen and oxygen atoms in total. The van der Waals surface area contributed by atoms with Crippen LogP contribution in [-0.2, 0) is 19.6 Å². The van der Waals surface area contributed by atoms with E-state index in [-0.39, 0.29) is 35.4 Å². The topological polar surface area (TPSA) is 105 Å². The van der Waals surface area contributed by atoms with Crippen LogP contribution in [0.15, 0.2) is 29.2 Å². The van der Waals surface area contributed by atoms with E-state index in [0.717, 1.165) is 12.8 Å². The summed E-state index contributed by atoms with van der Waals surface area (Å²) < 4.78 is 32.2. The number of carbonyl (C=O) groups is 2. The minimum Gasteiger partial charge on any atom is -0.379 e. The predicted molar refractivity (Wildman–Crippen MR) is 110 cm³/mol. The van der Waals surface area contributed by atoms with Crippen molar-refractivity contribution >= 4 is 21.8 Å². The van der Waals surface area contributed by atoms with Gasteiger partial charge in [0.25, 0.3) is 5.91 Å². The number of amides is 2. The number of rotatable bonds is 9. The Kier molecular flexibility index (Phi) is 8.60. The van der Waals surface area contributed by atoms with Crippen LogP contribution in [0.3, 0.4) is 0 Å². The van der Waals surface area contributed by atoms with E-state index in [1.807, 2.05) is 20.8 Å². The van der Waals surface area contributed by atoms with Crippen molar-refractivity contribution in [1.82, 2.24) is 14.9 Å². The van der Waals surface area contributed by atoms with Crippen molar-refractivity contribution in [3.8, 4) is 0 Å². The van der Waals surface area contributed by atoms with Crippen molar-refractivity contribution in [2.75, 3.05) is 32.8 Å². The fourth-order valence-corrected chi connectivity index (χ4v) is 4.45. The fraction of sp³-hybridized carbons (Fsp3) is 0.600. The van der Waals surface area contributed by atoms with Crippen molar-refractivity contribution in [3.05, 3.63) is 29.8 Å². The van der Waals surface area contributed by atoms with E-state index in [4.69, 9.17) is 4.74 Å². The Balaban J connectivity index is 2.14. The molecule has 1 aromatic rings. The first-order valence-corrected chi connectivity index (χ1v) is 11.5. The van der Waals surface area contributed by atoms with Crippen molar-refractivity contribution in [1.29, 1.82) is 0 Å². The lowest BCUT2D eigenvalue weighted by Crippen LogP contribution is -2.49. The molecule has 0 spiro atoms. The van der Waals surface area contributed by atoms with Crippen LogP contribution in [0.1, 0.15) is 44.0 Å². The third kappa shape index (κ3) is 6.25. The van der Waals surface area contributed by atoms with Gasteiger partial charge in [-0.3, -0.25) is 9.59 Å². The third-order valence-electron chi connectivity index (χ3n) is 4.77. The van der Waals surface area contributed by atoms with Gasteiger partial charge in [-0.05, 0) is 30.5 Å². The molecule has 9 heteroatoms. The molecule has 1 aliphatic heterocycles. The van der Waals surface area contributed by atoms with Crippen LogP contribution in [0, 0.1) is 5.92 Å². The summed E-state index contributed by atoms with van der Waals surface area (Å²) in [7, 11) is -3.70. The van der Waals surface area contributed by atoms with Gasteiger partial charge in [0.2, 0.25) is 15.9 Å². The number of hydrogen-bond acceptors (Lipinski definition) is 5. The monoisotopic (exact) mass is 425 g/mol. The molecule has 2 amide bonds. The molecule has 1 atom stereocenters. The highest BCUT2D eigenvalue weighted by Gasteiger charge is 2.28. The van der Waals surface area contributed by atoms with Gasteiger partial charge in [-0.15, -0.1) is 0 Å². The number of ether oxygens (including phenoxy) is 1. The maximum absolute atomic E-state index is 12.8. The molecule has 0 unspecified atom stereocenters. The van der Waals surface area contributed by atoms with Gasteiger partial charge >= 0.3 is 0 Å². The van der Waals surface area contributed by atoms with E-state index in [2.05, 4.69) is 10.6 Å². The molecule has 1 fully saturated rings. The van der Waals surface area contributed by atoms with Gasteiger partial charge in [0.05, 0.1) is 18.1 Å². The van der Waals surface area contributed by atoms with Crippen LogP contribution in [0.5, 0.6) is 0 Å². The van der Waals surface area contributed by atoms with Crippen molar-refractivity contribution < 1.29 is 22.7 Å². The zero-order chi connectivity index (χ0) is 21.4. The normalized spacial score (nSPS) is 16.4. The second-order valence-electron chi connectivity index (χ2n) is 7.38. The van der Waals surface area contributed by atoms with Crippen molar-refractivity contribution in [2.24, 2.45) is 5.92 Å². The molecule has 1 aromatic carbocycles. The van der Waals surface area contributed by atoms with Gasteiger partial charge in [-0.2, -0.15) is 4.31 Å². The number of unbranched alkanes of at least 4 members (excludes halogenated alkanes) is 1. The molecule has 0 radical (unpaired) electrons. The highest BCUT2D eigenvalue weighted by atomic mass is 32.2. The number of sulfonamides is 1. The van der Waals surface area contributed by atoms with Crippen LogP contribution < -0.4 is 10.6 Å². The van der Waals surface area contributed by atoms with Gasteiger partial charge in [-0.25, -0.2) is 8.42 Å². The quantitative estimate of drug-likeness (QED) is 0.582. The van der Waals surface area contributed by atoms with E-state index in [0.29, 0.717) is 19.8 Å². The first kappa shape index (κ1) is 23.3. The van der Waals surface area contributed by atoms with E-state index in [1.54, 1.807) is 6.07 Å². The Bertz CT molecular complexity index is 804. The molecule has 0 aliphatic carbocycles. The zero-order valence-corrected chi connectivity index (χ0v) is 18.1. The van der Waals surface area contributed by atoms with Gasteiger partial charge in [0, 0.05) is 25.2 Å². The van der Waals surface area contributed by atoms with E-state index >= 15 is 0 Å². The molecule has 29 heavy (non-hydrogen) atoms. The Labute approximate surface area is 173 Å². The molecule has 1 heterocycles. The number of benzene rings is 1. The summed E-state index contributed by atoms with van der Waals surface area (Å²) in [6, 6.07) is 5.21. The summed E-state index contributed by atoms with van der Waals surface area (Å²) in [6.45, 7) is 7.56. The summed E-state index contributed by atoms with van der Waals surface area (Å²) in [6.07, 6.45) is 1.83. The molecular weight excluding hydrogens is 394 g/mol. The van der Waals surface area contributed by atoms with Gasteiger partial charge in [0.15, 0.2) is 0 Å². The first-order valence-electron chi connectivity index (χ1n) is 10.0. The third-order valence-corrected chi connectivity index (χ3v) is 6.66. The summed E-state index contributed by atoms with van der Waals surface area (Å²) >= 11 is 0. The van der Waals surface area contributed by atoms with Crippen LogP contribution in [0.25, 0.3) is 0 Å². The standard InChI is InChI=1S/C20H31N3O5S/c1-4-5-9-21-20(25)18(15(2)3)22-19(24)16-7-6-8-17(14-16)29(26,27)23-10-12-28-13-11-23/h6-8,14-15,18H,4-5,9-13H2,1-3H3,(H,21,25)(H,22,24)/t18-/m1/s1. The van der Waals surface area contributed by atoms with E-state index in [9.17, 15) is 18.0 Å². The van der Waals surface area contributed by atoms with Crippen molar-refractivity contribution in [3.63, 3.8) is 0 Å². The SMILES string of the molecule is CCCCNC(=O)[C@H](NC(=O)c1cccc(S(=O)(=O)N2CCOCC2)c1)C(C)C.